The number of methoxy groups -OCH3 is 1. The molecule has 1 saturated heterocycles. The zero-order valence-electron chi connectivity index (χ0n) is 26.3. The summed E-state index contributed by atoms with van der Waals surface area (Å²) in [6, 6.07) is 35.6. The number of aromatic nitrogens is 2. The summed E-state index contributed by atoms with van der Waals surface area (Å²) in [5.74, 6) is -0.189. The molecule has 0 unspecified atom stereocenters. The van der Waals surface area contributed by atoms with Gasteiger partial charge in [0.2, 0.25) is 0 Å². The predicted molar refractivity (Wildman–Crippen MR) is 182 cm³/mol. The standard InChI is InChI=1S/C38H39N5O4/c1-46-38(45)43(37(44)35(39)34(28-16-7-3-8-17-28)29-18-9-4-10-19-29)33-20-12-11-15-27(33)21-22-30-23-40-32(25-47-30)36-41-24-31(42-36)26-13-5-2-6-14-26/h2-20,24,30,32,34-35,40H,21-23,25,39H2,1H3,(H,41,42)/t30-,32+,35+/m1/s1. The van der Waals surface area contributed by atoms with Crippen LogP contribution in [0.15, 0.2) is 121 Å². The van der Waals surface area contributed by atoms with Gasteiger partial charge in [0.05, 0.1) is 49.5 Å². The average Bonchev–Trinajstić information content (AvgIpc) is 3.63. The second kappa shape index (κ2) is 15.0. The number of anilines is 1. The topological polar surface area (TPSA) is 123 Å². The van der Waals surface area contributed by atoms with Crippen molar-refractivity contribution < 1.29 is 19.1 Å². The van der Waals surface area contributed by atoms with Gasteiger partial charge in [0.1, 0.15) is 5.82 Å². The number of morpholine rings is 1. The van der Waals surface area contributed by atoms with Gasteiger partial charge in [-0.25, -0.2) is 14.7 Å². The van der Waals surface area contributed by atoms with Gasteiger partial charge in [0.25, 0.3) is 5.91 Å². The molecule has 0 saturated carbocycles. The number of amides is 2. The van der Waals surface area contributed by atoms with Gasteiger partial charge in [-0.3, -0.25) is 4.79 Å². The van der Waals surface area contributed by atoms with Crippen molar-refractivity contribution in [1.29, 1.82) is 0 Å². The minimum absolute atomic E-state index is 0.0490. The van der Waals surface area contributed by atoms with Crippen LogP contribution >= 0.6 is 0 Å². The van der Waals surface area contributed by atoms with Gasteiger partial charge in [-0.15, -0.1) is 0 Å². The molecule has 4 aromatic carbocycles. The Morgan fingerprint density at radius 2 is 1.53 bits per heavy atom. The van der Waals surface area contributed by atoms with Gasteiger partial charge in [-0.2, -0.15) is 0 Å². The Morgan fingerprint density at radius 3 is 2.15 bits per heavy atom. The fourth-order valence-electron chi connectivity index (χ4n) is 6.14. The van der Waals surface area contributed by atoms with E-state index in [9.17, 15) is 9.59 Å². The molecular formula is C38H39N5O4. The summed E-state index contributed by atoms with van der Waals surface area (Å²) < 4.78 is 11.4. The lowest BCUT2D eigenvalue weighted by molar-refractivity contribution is -0.119. The predicted octanol–water partition coefficient (Wildman–Crippen LogP) is 6.00. The van der Waals surface area contributed by atoms with Crippen LogP contribution in [-0.2, 0) is 20.7 Å². The number of nitrogens with zero attached hydrogens (tertiary/aromatic N) is 2. The fraction of sp³-hybridized carbons (Fsp3) is 0.237. The first-order valence-corrected chi connectivity index (χ1v) is 15.8. The second-order valence-corrected chi connectivity index (χ2v) is 11.6. The number of imidazole rings is 1. The normalized spacial score (nSPS) is 16.8. The number of aryl methyl sites for hydroxylation is 1. The molecule has 4 N–H and O–H groups in total. The van der Waals surface area contributed by atoms with Crippen molar-refractivity contribution in [1.82, 2.24) is 15.3 Å². The Balaban J connectivity index is 1.15. The summed E-state index contributed by atoms with van der Waals surface area (Å²) in [5, 5.41) is 3.55. The molecule has 6 rings (SSSR count). The lowest BCUT2D eigenvalue weighted by Gasteiger charge is -2.31. The van der Waals surface area contributed by atoms with Crippen molar-refractivity contribution in [2.45, 2.75) is 36.9 Å². The van der Waals surface area contributed by atoms with E-state index in [1.54, 1.807) is 12.1 Å². The van der Waals surface area contributed by atoms with Crippen molar-refractivity contribution in [3.05, 3.63) is 144 Å². The Bertz CT molecular complexity index is 1720. The van der Waals surface area contributed by atoms with Crippen molar-refractivity contribution in [2.24, 2.45) is 5.73 Å². The van der Waals surface area contributed by atoms with Gasteiger partial charge < -0.3 is 25.5 Å². The van der Waals surface area contributed by atoms with Crippen LogP contribution in [0, 0.1) is 0 Å². The molecule has 1 aliphatic rings. The molecule has 1 fully saturated rings. The molecule has 0 aliphatic carbocycles. The lowest BCUT2D eigenvalue weighted by atomic mass is 9.84. The Hall–Kier alpha value is -5.09. The van der Waals surface area contributed by atoms with Crippen LogP contribution in [0.4, 0.5) is 10.5 Å². The molecular weight excluding hydrogens is 590 g/mol. The van der Waals surface area contributed by atoms with Gasteiger partial charge in [-0.05, 0) is 41.2 Å². The number of imide groups is 1. The van der Waals surface area contributed by atoms with Gasteiger partial charge in [0.15, 0.2) is 0 Å². The maximum atomic E-state index is 14.2. The number of nitrogens with one attached hydrogen (secondary N) is 2. The Kier molecular flexibility index (Phi) is 10.2. The maximum absolute atomic E-state index is 14.2. The summed E-state index contributed by atoms with van der Waals surface area (Å²) in [6.07, 6.45) is 2.24. The molecule has 0 radical (unpaired) electrons. The maximum Gasteiger partial charge on any atom is 0.420 e. The van der Waals surface area contributed by atoms with Gasteiger partial charge in [0, 0.05) is 12.5 Å². The lowest BCUT2D eigenvalue weighted by Crippen LogP contribution is -2.50. The van der Waals surface area contributed by atoms with E-state index in [4.69, 9.17) is 15.2 Å². The molecule has 9 heteroatoms. The molecule has 9 nitrogen and oxygen atoms in total. The van der Waals surface area contributed by atoms with Crippen molar-refractivity contribution >= 4 is 17.7 Å². The SMILES string of the molecule is COC(=O)N(C(=O)[C@@H](N)C(c1ccccc1)c1ccccc1)c1ccccc1CC[C@@H]1CN[C@H](c2ncc(-c3ccccc3)[nH]2)CO1. The van der Waals surface area contributed by atoms with E-state index < -0.39 is 24.0 Å². The summed E-state index contributed by atoms with van der Waals surface area (Å²) in [5.41, 5.74) is 11.8. The number of nitrogens with two attached hydrogens (primary N) is 1. The molecule has 47 heavy (non-hydrogen) atoms. The number of hydrogen-bond acceptors (Lipinski definition) is 7. The number of H-pyrrole nitrogens is 1. The van der Waals surface area contributed by atoms with Crippen LogP contribution in [0.25, 0.3) is 11.3 Å². The highest BCUT2D eigenvalue weighted by Gasteiger charge is 2.36. The number of benzene rings is 4. The number of carbonyl (C=O) groups excluding carboxylic acids is 2. The summed E-state index contributed by atoms with van der Waals surface area (Å²) in [6.45, 7) is 1.10. The first-order valence-electron chi connectivity index (χ1n) is 15.8. The number of carbonyl (C=O) groups is 2. The first-order chi connectivity index (χ1) is 23.0. The summed E-state index contributed by atoms with van der Waals surface area (Å²) in [4.78, 5) is 36.5. The van der Waals surface area contributed by atoms with E-state index in [0.717, 1.165) is 38.7 Å². The molecule has 0 spiro atoms. The minimum Gasteiger partial charge on any atom is -0.452 e. The van der Waals surface area contributed by atoms with E-state index >= 15 is 0 Å². The summed E-state index contributed by atoms with van der Waals surface area (Å²) in [7, 11) is 1.27. The first kappa shape index (κ1) is 31.9. The third-order valence-corrected chi connectivity index (χ3v) is 8.61. The molecule has 2 amide bonds. The Morgan fingerprint density at radius 1 is 0.915 bits per heavy atom. The zero-order valence-corrected chi connectivity index (χ0v) is 26.3. The number of hydrogen-bond donors (Lipinski definition) is 3. The van der Waals surface area contributed by atoms with Crippen LogP contribution in [-0.4, -0.2) is 54.4 Å². The van der Waals surface area contributed by atoms with Crippen LogP contribution in [0.5, 0.6) is 0 Å². The third kappa shape index (κ3) is 7.33. The van der Waals surface area contributed by atoms with Crippen molar-refractivity contribution in [2.75, 3.05) is 25.2 Å². The molecule has 3 atom stereocenters. The average molecular weight is 630 g/mol. The number of ether oxygens (including phenoxy) is 2. The fourth-order valence-corrected chi connectivity index (χ4v) is 6.14. The van der Waals surface area contributed by atoms with E-state index in [2.05, 4.69) is 15.3 Å². The smallest absolute Gasteiger partial charge is 0.420 e. The van der Waals surface area contributed by atoms with Crippen LogP contribution in [0.1, 0.15) is 40.9 Å². The summed E-state index contributed by atoms with van der Waals surface area (Å²) >= 11 is 0. The molecule has 1 aliphatic heterocycles. The van der Waals surface area contributed by atoms with Crippen molar-refractivity contribution in [3.8, 4) is 11.3 Å². The second-order valence-electron chi connectivity index (χ2n) is 11.6. The largest absolute Gasteiger partial charge is 0.452 e. The highest BCUT2D eigenvalue weighted by molar-refractivity contribution is 6.15. The highest BCUT2D eigenvalue weighted by Crippen LogP contribution is 2.31. The molecule has 0 bridgehead atoms. The van der Waals surface area contributed by atoms with Gasteiger partial charge >= 0.3 is 6.09 Å². The molecule has 2 heterocycles. The van der Waals surface area contributed by atoms with Crippen LogP contribution < -0.4 is 16.0 Å². The quantitative estimate of drug-likeness (QED) is 0.173. The highest BCUT2D eigenvalue weighted by atomic mass is 16.5. The van der Waals surface area contributed by atoms with Crippen LogP contribution in [0.2, 0.25) is 0 Å². The molecule has 1 aromatic heterocycles. The van der Waals surface area contributed by atoms with E-state index in [-0.39, 0.29) is 12.1 Å². The zero-order chi connectivity index (χ0) is 32.6. The monoisotopic (exact) mass is 629 g/mol. The number of aromatic amines is 1. The van der Waals surface area contributed by atoms with E-state index in [1.165, 1.54) is 7.11 Å². The number of para-hydroxylation sites is 1. The third-order valence-electron chi connectivity index (χ3n) is 8.61. The van der Waals surface area contributed by atoms with Crippen LogP contribution in [0.3, 0.4) is 0 Å². The minimum atomic E-state index is -1.06. The molecule has 5 aromatic rings. The van der Waals surface area contributed by atoms with Gasteiger partial charge in [-0.1, -0.05) is 109 Å². The Labute approximate surface area is 274 Å². The van der Waals surface area contributed by atoms with E-state index in [1.807, 2.05) is 109 Å². The molecule has 240 valence electrons. The van der Waals surface area contributed by atoms with Crippen molar-refractivity contribution in [3.63, 3.8) is 0 Å². The number of rotatable bonds is 10. The van der Waals surface area contributed by atoms with E-state index in [0.29, 0.717) is 31.7 Å².